The lowest BCUT2D eigenvalue weighted by Crippen LogP contribution is -2.14. The highest BCUT2D eigenvalue weighted by molar-refractivity contribution is 9.10. The number of fused-ring (bicyclic) bond motifs is 1. The van der Waals surface area contributed by atoms with E-state index in [0.29, 0.717) is 0 Å². The van der Waals surface area contributed by atoms with Gasteiger partial charge in [0, 0.05) is 17.6 Å². The van der Waals surface area contributed by atoms with Gasteiger partial charge in [0.2, 0.25) is 0 Å². The minimum atomic E-state index is 0.0191. The standard InChI is InChI=1S/C10H8BrNO/c1-12-9-6-8(11)4-2-7(9)3-5-10(12)13/h2-6H,1H3. The van der Waals surface area contributed by atoms with Gasteiger partial charge in [-0.15, -0.1) is 0 Å². The molecule has 0 saturated carbocycles. The van der Waals surface area contributed by atoms with Crippen molar-refractivity contribution in [1.29, 1.82) is 0 Å². The third kappa shape index (κ3) is 1.40. The zero-order valence-corrected chi connectivity index (χ0v) is 8.71. The highest BCUT2D eigenvalue weighted by Crippen LogP contribution is 2.17. The predicted octanol–water partition coefficient (Wildman–Crippen LogP) is 2.30. The molecule has 1 aromatic carbocycles. The summed E-state index contributed by atoms with van der Waals surface area (Å²) in [6.45, 7) is 0. The second-order valence-corrected chi connectivity index (χ2v) is 3.85. The number of rotatable bonds is 0. The van der Waals surface area contributed by atoms with Gasteiger partial charge >= 0.3 is 0 Å². The van der Waals surface area contributed by atoms with E-state index in [1.807, 2.05) is 24.3 Å². The van der Waals surface area contributed by atoms with Crippen LogP contribution in [0.25, 0.3) is 10.9 Å². The van der Waals surface area contributed by atoms with Crippen LogP contribution in [0.15, 0.2) is 39.6 Å². The number of aryl methyl sites for hydroxylation is 1. The molecule has 1 heterocycles. The van der Waals surface area contributed by atoms with Crippen LogP contribution in [0.1, 0.15) is 0 Å². The Morgan fingerprint density at radius 3 is 2.69 bits per heavy atom. The fraction of sp³-hybridized carbons (Fsp3) is 0.100. The summed E-state index contributed by atoms with van der Waals surface area (Å²) < 4.78 is 2.63. The molecular weight excluding hydrogens is 230 g/mol. The van der Waals surface area contributed by atoms with Gasteiger partial charge < -0.3 is 4.57 Å². The monoisotopic (exact) mass is 237 g/mol. The Balaban J connectivity index is 2.97. The first-order valence-electron chi connectivity index (χ1n) is 3.94. The van der Waals surface area contributed by atoms with Gasteiger partial charge in [0.05, 0.1) is 5.52 Å². The Bertz CT molecular complexity index is 516. The van der Waals surface area contributed by atoms with Crippen LogP contribution in [0.2, 0.25) is 0 Å². The molecule has 13 heavy (non-hydrogen) atoms. The molecule has 0 aliphatic carbocycles. The SMILES string of the molecule is Cn1c(=O)ccc2ccc(Br)cc21. The fourth-order valence-electron chi connectivity index (χ4n) is 1.34. The van der Waals surface area contributed by atoms with Crippen LogP contribution in [-0.2, 0) is 7.05 Å². The quantitative estimate of drug-likeness (QED) is 0.690. The number of hydrogen-bond donors (Lipinski definition) is 0. The Labute approximate surface area is 83.9 Å². The van der Waals surface area contributed by atoms with Crippen LogP contribution in [0, 0.1) is 0 Å². The number of halogens is 1. The zero-order chi connectivity index (χ0) is 9.42. The van der Waals surface area contributed by atoms with E-state index in [9.17, 15) is 4.79 Å². The first-order chi connectivity index (χ1) is 6.18. The van der Waals surface area contributed by atoms with Crippen molar-refractivity contribution in [3.05, 3.63) is 45.2 Å². The number of nitrogens with zero attached hydrogens (tertiary/aromatic N) is 1. The number of pyridine rings is 1. The first-order valence-corrected chi connectivity index (χ1v) is 4.73. The van der Waals surface area contributed by atoms with Gasteiger partial charge in [-0.3, -0.25) is 4.79 Å². The van der Waals surface area contributed by atoms with Gasteiger partial charge in [-0.1, -0.05) is 22.0 Å². The molecule has 3 heteroatoms. The fourth-order valence-corrected chi connectivity index (χ4v) is 1.69. The van der Waals surface area contributed by atoms with Gasteiger partial charge in [0.15, 0.2) is 0 Å². The molecule has 0 aliphatic heterocycles. The van der Waals surface area contributed by atoms with Gasteiger partial charge in [-0.2, -0.15) is 0 Å². The molecule has 0 bridgehead atoms. The molecule has 2 aromatic rings. The Morgan fingerprint density at radius 2 is 1.92 bits per heavy atom. The molecule has 0 radical (unpaired) electrons. The van der Waals surface area contributed by atoms with Crippen LogP contribution in [-0.4, -0.2) is 4.57 Å². The van der Waals surface area contributed by atoms with Crippen LogP contribution >= 0.6 is 15.9 Å². The van der Waals surface area contributed by atoms with E-state index in [4.69, 9.17) is 0 Å². The minimum absolute atomic E-state index is 0.0191. The lowest BCUT2D eigenvalue weighted by molar-refractivity contribution is 0.906. The summed E-state index contributed by atoms with van der Waals surface area (Å²) in [5.41, 5.74) is 0.965. The summed E-state index contributed by atoms with van der Waals surface area (Å²) in [4.78, 5) is 11.3. The van der Waals surface area contributed by atoms with Crippen LogP contribution in [0.4, 0.5) is 0 Å². The van der Waals surface area contributed by atoms with Gasteiger partial charge in [-0.25, -0.2) is 0 Å². The van der Waals surface area contributed by atoms with Crippen molar-refractivity contribution in [2.24, 2.45) is 7.05 Å². The summed E-state index contributed by atoms with van der Waals surface area (Å²) in [5, 5.41) is 1.07. The van der Waals surface area contributed by atoms with E-state index >= 15 is 0 Å². The smallest absolute Gasteiger partial charge is 0.250 e. The zero-order valence-electron chi connectivity index (χ0n) is 7.12. The van der Waals surface area contributed by atoms with Gasteiger partial charge in [0.25, 0.3) is 5.56 Å². The third-order valence-corrected chi connectivity index (χ3v) is 2.58. The summed E-state index contributed by atoms with van der Waals surface area (Å²) in [7, 11) is 1.77. The normalized spacial score (nSPS) is 10.6. The molecule has 2 rings (SSSR count). The molecule has 2 nitrogen and oxygen atoms in total. The summed E-state index contributed by atoms with van der Waals surface area (Å²) in [6, 6.07) is 9.31. The van der Waals surface area contributed by atoms with Crippen LogP contribution in [0.5, 0.6) is 0 Å². The van der Waals surface area contributed by atoms with Crippen molar-refractivity contribution in [3.63, 3.8) is 0 Å². The van der Waals surface area contributed by atoms with E-state index in [1.165, 1.54) is 0 Å². The van der Waals surface area contributed by atoms with E-state index < -0.39 is 0 Å². The largest absolute Gasteiger partial charge is 0.311 e. The number of benzene rings is 1. The van der Waals surface area contributed by atoms with Crippen LogP contribution in [0.3, 0.4) is 0 Å². The Morgan fingerprint density at radius 1 is 1.23 bits per heavy atom. The summed E-state index contributed by atoms with van der Waals surface area (Å²) >= 11 is 3.38. The van der Waals surface area contributed by atoms with Gasteiger partial charge in [-0.05, 0) is 23.6 Å². The van der Waals surface area contributed by atoms with E-state index in [1.54, 1.807) is 17.7 Å². The molecule has 0 amide bonds. The molecule has 0 aliphatic rings. The van der Waals surface area contributed by atoms with Crippen molar-refractivity contribution >= 4 is 26.8 Å². The molecule has 0 spiro atoms. The molecule has 66 valence electrons. The number of aromatic nitrogens is 1. The average Bonchev–Trinajstić information content (AvgIpc) is 2.12. The highest BCUT2D eigenvalue weighted by Gasteiger charge is 1.98. The van der Waals surface area contributed by atoms with E-state index in [-0.39, 0.29) is 5.56 Å². The lowest BCUT2D eigenvalue weighted by atomic mass is 10.2. The summed E-state index contributed by atoms with van der Waals surface area (Å²) in [6.07, 6.45) is 0. The highest BCUT2D eigenvalue weighted by atomic mass is 79.9. The minimum Gasteiger partial charge on any atom is -0.311 e. The van der Waals surface area contributed by atoms with Crippen LogP contribution < -0.4 is 5.56 Å². The predicted molar refractivity (Wildman–Crippen MR) is 56.9 cm³/mol. The van der Waals surface area contributed by atoms with E-state index in [2.05, 4.69) is 15.9 Å². The summed E-state index contributed by atoms with van der Waals surface area (Å²) in [5.74, 6) is 0. The topological polar surface area (TPSA) is 22.0 Å². The third-order valence-electron chi connectivity index (χ3n) is 2.09. The molecular formula is C10H8BrNO. The van der Waals surface area contributed by atoms with E-state index in [0.717, 1.165) is 15.4 Å². The van der Waals surface area contributed by atoms with Crippen molar-refractivity contribution in [1.82, 2.24) is 4.57 Å². The lowest BCUT2D eigenvalue weighted by Gasteiger charge is -2.03. The Hall–Kier alpha value is -1.09. The second kappa shape index (κ2) is 3.00. The molecule has 0 atom stereocenters. The molecule has 0 N–H and O–H groups in total. The van der Waals surface area contributed by atoms with Crippen molar-refractivity contribution in [3.8, 4) is 0 Å². The number of hydrogen-bond acceptors (Lipinski definition) is 1. The molecule has 0 saturated heterocycles. The van der Waals surface area contributed by atoms with Crippen molar-refractivity contribution in [2.75, 3.05) is 0 Å². The van der Waals surface area contributed by atoms with Gasteiger partial charge in [0.1, 0.15) is 0 Å². The first kappa shape index (κ1) is 8.51. The molecule has 0 unspecified atom stereocenters. The maximum atomic E-state index is 11.3. The second-order valence-electron chi connectivity index (χ2n) is 2.93. The average molecular weight is 238 g/mol. The maximum Gasteiger partial charge on any atom is 0.250 e. The maximum absolute atomic E-state index is 11.3. The molecule has 1 aromatic heterocycles. The van der Waals surface area contributed by atoms with Crippen molar-refractivity contribution in [2.45, 2.75) is 0 Å². The molecule has 0 fully saturated rings. The van der Waals surface area contributed by atoms with Crippen molar-refractivity contribution < 1.29 is 0 Å². The Kier molecular flexibility index (Phi) is 1.96.